The molecule has 1 unspecified atom stereocenters. The molecule has 1 aliphatic heterocycles. The van der Waals surface area contributed by atoms with Gasteiger partial charge in [-0.3, -0.25) is 4.79 Å². The fourth-order valence-electron chi connectivity index (χ4n) is 10.5. The van der Waals surface area contributed by atoms with E-state index in [9.17, 15) is 15.0 Å². The molecule has 7 fully saturated rings. The van der Waals surface area contributed by atoms with E-state index in [2.05, 4.69) is 13.8 Å². The molecule has 0 aromatic rings. The molecule has 1 saturated heterocycles. The highest BCUT2D eigenvalue weighted by atomic mass is 16.6. The van der Waals surface area contributed by atoms with Crippen molar-refractivity contribution in [1.82, 2.24) is 0 Å². The summed E-state index contributed by atoms with van der Waals surface area (Å²) in [5, 5.41) is 22.2. The van der Waals surface area contributed by atoms with Crippen LogP contribution in [0.3, 0.4) is 0 Å². The zero-order valence-electron chi connectivity index (χ0n) is 17.2. The standard InChI is InChI=1S/C24H34O4/c1-21-6-3-12(25)11-23(21,27)16-9-13(16)19-15(21)4-7-22(2)20(19)14-10-17(14)24(22)8-5-18(26)28-24/h12-17,19-20,25,27H,3-11H2,1-2H3/t12-,13-,14+,15-,16+,17-,19+,20?,21+,22-,23+,24-/m0/s1. The van der Waals surface area contributed by atoms with E-state index < -0.39 is 5.60 Å². The first-order valence-corrected chi connectivity index (χ1v) is 11.9. The number of hydrogen-bond donors (Lipinski definition) is 2. The number of rotatable bonds is 0. The molecular weight excluding hydrogens is 352 g/mol. The van der Waals surface area contributed by atoms with Gasteiger partial charge in [-0.15, -0.1) is 0 Å². The third-order valence-corrected chi connectivity index (χ3v) is 11.8. The molecule has 0 aromatic heterocycles. The van der Waals surface area contributed by atoms with Gasteiger partial charge < -0.3 is 14.9 Å². The van der Waals surface area contributed by atoms with E-state index in [1.807, 2.05) is 0 Å². The van der Waals surface area contributed by atoms with Crippen LogP contribution in [0.4, 0.5) is 0 Å². The molecule has 4 heteroatoms. The normalized spacial score (nSPS) is 68.4. The molecule has 7 rings (SSSR count). The van der Waals surface area contributed by atoms with Gasteiger partial charge in [-0.05, 0) is 85.9 Å². The summed E-state index contributed by atoms with van der Waals surface area (Å²) in [5.41, 5.74) is -0.751. The van der Waals surface area contributed by atoms with Crippen LogP contribution in [-0.4, -0.2) is 33.5 Å². The Balaban J connectivity index is 1.32. The Hall–Kier alpha value is -0.610. The van der Waals surface area contributed by atoms with Gasteiger partial charge in [0, 0.05) is 24.2 Å². The fraction of sp³-hybridized carbons (Fsp3) is 0.958. The first-order valence-electron chi connectivity index (χ1n) is 11.9. The summed E-state index contributed by atoms with van der Waals surface area (Å²) in [7, 11) is 0. The molecule has 0 radical (unpaired) electrons. The van der Waals surface area contributed by atoms with E-state index in [1.54, 1.807) is 0 Å². The molecule has 2 N–H and O–H groups in total. The average Bonchev–Trinajstić information content (AvgIpc) is 3.54. The lowest BCUT2D eigenvalue weighted by atomic mass is 9.42. The Morgan fingerprint density at radius 1 is 0.964 bits per heavy atom. The van der Waals surface area contributed by atoms with E-state index >= 15 is 0 Å². The summed E-state index contributed by atoms with van der Waals surface area (Å²) < 4.78 is 6.21. The predicted molar refractivity (Wildman–Crippen MR) is 102 cm³/mol. The van der Waals surface area contributed by atoms with Crippen LogP contribution >= 0.6 is 0 Å². The molecule has 7 aliphatic rings. The Bertz CT molecular complexity index is 781. The summed E-state index contributed by atoms with van der Waals surface area (Å²) in [6, 6.07) is 0. The molecule has 6 aliphatic carbocycles. The number of fused-ring (bicyclic) bond motifs is 12. The highest BCUT2D eigenvalue weighted by Gasteiger charge is 2.82. The van der Waals surface area contributed by atoms with E-state index in [4.69, 9.17) is 4.74 Å². The molecule has 6 saturated carbocycles. The lowest BCUT2D eigenvalue weighted by Crippen LogP contribution is -2.65. The summed E-state index contributed by atoms with van der Waals surface area (Å²) in [6.45, 7) is 4.82. The van der Waals surface area contributed by atoms with Crippen LogP contribution in [-0.2, 0) is 9.53 Å². The Morgan fingerprint density at radius 2 is 1.71 bits per heavy atom. The molecule has 28 heavy (non-hydrogen) atoms. The molecule has 1 heterocycles. The molecule has 1 spiro atoms. The number of ether oxygens (including phenoxy) is 1. The number of aliphatic hydroxyl groups excluding tert-OH is 1. The summed E-state index contributed by atoms with van der Waals surface area (Å²) in [5.74, 6) is 4.33. The second kappa shape index (κ2) is 4.66. The average molecular weight is 387 g/mol. The van der Waals surface area contributed by atoms with Gasteiger partial charge in [-0.1, -0.05) is 13.8 Å². The third kappa shape index (κ3) is 1.59. The van der Waals surface area contributed by atoms with Crippen molar-refractivity contribution in [2.24, 2.45) is 52.3 Å². The van der Waals surface area contributed by atoms with Gasteiger partial charge in [0.2, 0.25) is 0 Å². The van der Waals surface area contributed by atoms with Crippen molar-refractivity contribution in [2.45, 2.75) is 88.9 Å². The van der Waals surface area contributed by atoms with Crippen molar-refractivity contribution in [2.75, 3.05) is 0 Å². The molecule has 154 valence electrons. The summed E-state index contributed by atoms with van der Waals surface area (Å²) >= 11 is 0. The summed E-state index contributed by atoms with van der Waals surface area (Å²) in [6.07, 6.45) is 8.33. The van der Waals surface area contributed by atoms with Crippen LogP contribution in [0.2, 0.25) is 0 Å². The quantitative estimate of drug-likeness (QED) is 0.627. The zero-order valence-corrected chi connectivity index (χ0v) is 17.2. The van der Waals surface area contributed by atoms with Crippen LogP contribution in [0, 0.1) is 52.3 Å². The highest BCUT2D eigenvalue weighted by molar-refractivity contribution is 5.73. The molecule has 0 aromatic carbocycles. The SMILES string of the molecule is C[C@]12CC[C@H]3[C@H](C1[C@@H]1C[C@@H]1[C@@]21CCC(=O)O1)[C@H]1C[C@H]1[C@]1(O)C[C@@H](O)CC[C@]31C. The maximum atomic E-state index is 12.2. The first-order chi connectivity index (χ1) is 13.3. The lowest BCUT2D eigenvalue weighted by Gasteiger charge is -2.64. The van der Waals surface area contributed by atoms with Gasteiger partial charge in [0.25, 0.3) is 0 Å². The Labute approximate surface area is 167 Å². The molecule has 12 atom stereocenters. The van der Waals surface area contributed by atoms with Crippen LogP contribution in [0.25, 0.3) is 0 Å². The zero-order chi connectivity index (χ0) is 19.3. The summed E-state index contributed by atoms with van der Waals surface area (Å²) in [4.78, 5) is 12.2. The largest absolute Gasteiger partial charge is 0.458 e. The van der Waals surface area contributed by atoms with Crippen LogP contribution in [0.5, 0.6) is 0 Å². The minimum atomic E-state index is -0.663. The van der Waals surface area contributed by atoms with E-state index in [-0.39, 0.29) is 28.5 Å². The van der Waals surface area contributed by atoms with E-state index in [0.29, 0.717) is 48.3 Å². The lowest BCUT2D eigenvalue weighted by molar-refractivity contribution is -0.237. The van der Waals surface area contributed by atoms with Crippen LogP contribution < -0.4 is 0 Å². The molecule has 4 nitrogen and oxygen atoms in total. The van der Waals surface area contributed by atoms with Crippen molar-refractivity contribution in [3.8, 4) is 0 Å². The molecular formula is C24H34O4. The van der Waals surface area contributed by atoms with Crippen molar-refractivity contribution >= 4 is 5.97 Å². The smallest absolute Gasteiger partial charge is 0.306 e. The van der Waals surface area contributed by atoms with Crippen molar-refractivity contribution < 1.29 is 19.7 Å². The minimum absolute atomic E-state index is 0.0326. The minimum Gasteiger partial charge on any atom is -0.458 e. The number of esters is 1. The van der Waals surface area contributed by atoms with Gasteiger partial charge in [-0.25, -0.2) is 0 Å². The van der Waals surface area contributed by atoms with Crippen LogP contribution in [0.1, 0.15) is 71.6 Å². The second-order valence-electron chi connectivity index (χ2n) is 12.3. The maximum absolute atomic E-state index is 12.2. The van der Waals surface area contributed by atoms with Crippen LogP contribution in [0.15, 0.2) is 0 Å². The van der Waals surface area contributed by atoms with Gasteiger partial charge in [0.1, 0.15) is 5.60 Å². The Kier molecular flexibility index (Phi) is 2.85. The number of aliphatic hydroxyl groups is 2. The van der Waals surface area contributed by atoms with E-state index in [0.717, 1.165) is 44.4 Å². The number of carbonyl (C=O) groups excluding carboxylic acids is 1. The Morgan fingerprint density at radius 3 is 2.46 bits per heavy atom. The monoisotopic (exact) mass is 386 g/mol. The van der Waals surface area contributed by atoms with Gasteiger partial charge >= 0.3 is 5.97 Å². The topological polar surface area (TPSA) is 66.8 Å². The maximum Gasteiger partial charge on any atom is 0.306 e. The van der Waals surface area contributed by atoms with Crippen molar-refractivity contribution in [3.63, 3.8) is 0 Å². The van der Waals surface area contributed by atoms with Crippen molar-refractivity contribution in [1.29, 1.82) is 0 Å². The molecule has 0 bridgehead atoms. The highest BCUT2D eigenvalue weighted by Crippen LogP contribution is 2.83. The molecule has 0 amide bonds. The number of hydrogen-bond acceptors (Lipinski definition) is 4. The van der Waals surface area contributed by atoms with Crippen molar-refractivity contribution in [3.05, 3.63) is 0 Å². The third-order valence-electron chi connectivity index (χ3n) is 11.8. The predicted octanol–water partition coefficient (Wildman–Crippen LogP) is 3.29. The van der Waals surface area contributed by atoms with Gasteiger partial charge in [0.05, 0.1) is 11.7 Å². The second-order valence-corrected chi connectivity index (χ2v) is 12.3. The number of carbonyl (C=O) groups is 1. The fourth-order valence-corrected chi connectivity index (χ4v) is 10.5. The van der Waals surface area contributed by atoms with Gasteiger partial charge in [0.15, 0.2) is 0 Å². The van der Waals surface area contributed by atoms with E-state index in [1.165, 1.54) is 6.42 Å². The van der Waals surface area contributed by atoms with Gasteiger partial charge in [-0.2, -0.15) is 0 Å². The first kappa shape index (κ1) is 17.1.